The van der Waals surface area contributed by atoms with E-state index in [2.05, 4.69) is 0 Å². The monoisotopic (exact) mass is 344 g/mol. The van der Waals surface area contributed by atoms with Gasteiger partial charge in [0.05, 0.1) is 16.4 Å². The van der Waals surface area contributed by atoms with Gasteiger partial charge >= 0.3 is 0 Å². The van der Waals surface area contributed by atoms with Crippen LogP contribution in [0.1, 0.15) is 5.56 Å². The molecule has 21 heavy (non-hydrogen) atoms. The van der Waals surface area contributed by atoms with E-state index >= 15 is 0 Å². The molecule has 0 atom stereocenters. The van der Waals surface area contributed by atoms with Crippen LogP contribution >= 0.6 is 23.2 Å². The summed E-state index contributed by atoms with van der Waals surface area (Å²) in [5.74, 6) is 0. The van der Waals surface area contributed by atoms with Gasteiger partial charge in [0.1, 0.15) is 4.90 Å². The van der Waals surface area contributed by atoms with Crippen LogP contribution in [0, 0.1) is 6.92 Å². The second kappa shape index (κ2) is 5.75. The van der Waals surface area contributed by atoms with Crippen molar-refractivity contribution < 1.29 is 8.42 Å². The Morgan fingerprint density at radius 3 is 2.19 bits per heavy atom. The maximum atomic E-state index is 12.7. The number of nitrogen functional groups attached to an aromatic ring is 1. The Balaban J connectivity index is 2.54. The van der Waals surface area contributed by atoms with Crippen molar-refractivity contribution in [2.24, 2.45) is 0 Å². The summed E-state index contributed by atoms with van der Waals surface area (Å²) in [6.07, 6.45) is 0. The number of rotatable bonds is 3. The van der Waals surface area contributed by atoms with E-state index in [1.807, 2.05) is 19.1 Å². The molecule has 0 saturated heterocycles. The molecule has 0 heterocycles. The highest BCUT2D eigenvalue weighted by atomic mass is 35.5. The van der Waals surface area contributed by atoms with Crippen molar-refractivity contribution in [3.8, 4) is 0 Å². The first kappa shape index (κ1) is 15.9. The van der Waals surface area contributed by atoms with Gasteiger partial charge in [-0.25, -0.2) is 8.42 Å². The van der Waals surface area contributed by atoms with Gasteiger partial charge in [-0.15, -0.1) is 0 Å². The van der Waals surface area contributed by atoms with Gasteiger partial charge in [-0.2, -0.15) is 0 Å². The molecule has 0 spiro atoms. The number of aryl methyl sites for hydroxylation is 1. The number of sulfonamides is 1. The van der Waals surface area contributed by atoms with Crippen molar-refractivity contribution in [2.45, 2.75) is 11.8 Å². The minimum Gasteiger partial charge on any atom is -0.398 e. The molecule has 0 aliphatic carbocycles. The molecular weight excluding hydrogens is 331 g/mol. The minimum absolute atomic E-state index is 0.000961. The smallest absolute Gasteiger partial charge is 0.267 e. The third-order valence-electron chi connectivity index (χ3n) is 3.05. The second-order valence-electron chi connectivity index (χ2n) is 4.61. The lowest BCUT2D eigenvalue weighted by Crippen LogP contribution is -2.27. The fraction of sp³-hybridized carbons (Fsp3) is 0.143. The third-order valence-corrected chi connectivity index (χ3v) is 5.58. The maximum absolute atomic E-state index is 12.7. The fourth-order valence-corrected chi connectivity index (χ4v) is 4.02. The van der Waals surface area contributed by atoms with Crippen LogP contribution in [0.2, 0.25) is 10.0 Å². The van der Waals surface area contributed by atoms with E-state index in [9.17, 15) is 8.42 Å². The summed E-state index contributed by atoms with van der Waals surface area (Å²) in [5, 5.41) is 0.286. The summed E-state index contributed by atoms with van der Waals surface area (Å²) in [4.78, 5) is -0.142. The Morgan fingerprint density at radius 2 is 1.67 bits per heavy atom. The van der Waals surface area contributed by atoms with Gasteiger partial charge in [0.2, 0.25) is 0 Å². The molecule has 2 rings (SSSR count). The molecule has 0 radical (unpaired) electrons. The molecule has 7 heteroatoms. The van der Waals surface area contributed by atoms with Gasteiger partial charge in [-0.1, -0.05) is 40.9 Å². The number of anilines is 2. The lowest BCUT2D eigenvalue weighted by molar-refractivity contribution is 0.595. The van der Waals surface area contributed by atoms with Crippen LogP contribution in [-0.4, -0.2) is 15.5 Å². The van der Waals surface area contributed by atoms with E-state index < -0.39 is 10.0 Å². The average molecular weight is 345 g/mol. The van der Waals surface area contributed by atoms with Gasteiger partial charge in [0.15, 0.2) is 0 Å². The lowest BCUT2D eigenvalue weighted by atomic mass is 10.2. The van der Waals surface area contributed by atoms with Gasteiger partial charge < -0.3 is 5.73 Å². The van der Waals surface area contributed by atoms with Crippen molar-refractivity contribution in [1.82, 2.24) is 0 Å². The van der Waals surface area contributed by atoms with Crippen molar-refractivity contribution >= 4 is 44.6 Å². The Kier molecular flexibility index (Phi) is 4.37. The second-order valence-corrected chi connectivity index (χ2v) is 7.36. The van der Waals surface area contributed by atoms with Crippen LogP contribution in [-0.2, 0) is 10.0 Å². The Bertz CT molecular complexity index is 751. The van der Waals surface area contributed by atoms with Crippen LogP contribution in [0.15, 0.2) is 41.3 Å². The molecule has 4 nitrogen and oxygen atoms in total. The number of benzene rings is 2. The van der Waals surface area contributed by atoms with Crippen molar-refractivity contribution in [3.05, 3.63) is 52.0 Å². The summed E-state index contributed by atoms with van der Waals surface area (Å²) < 4.78 is 26.5. The zero-order valence-corrected chi connectivity index (χ0v) is 13.8. The van der Waals surface area contributed by atoms with Crippen molar-refractivity contribution in [3.63, 3.8) is 0 Å². The topological polar surface area (TPSA) is 63.4 Å². The number of hydrogen-bond donors (Lipinski definition) is 1. The predicted molar refractivity (Wildman–Crippen MR) is 87.6 cm³/mol. The van der Waals surface area contributed by atoms with Crippen LogP contribution in [0.3, 0.4) is 0 Å². The molecule has 0 bridgehead atoms. The first-order valence-electron chi connectivity index (χ1n) is 6.03. The largest absolute Gasteiger partial charge is 0.398 e. The van der Waals surface area contributed by atoms with Gasteiger partial charge in [-0.3, -0.25) is 4.31 Å². The highest BCUT2D eigenvalue weighted by Gasteiger charge is 2.27. The van der Waals surface area contributed by atoms with Gasteiger partial charge in [0, 0.05) is 12.1 Å². The zero-order valence-electron chi connectivity index (χ0n) is 11.5. The third kappa shape index (κ3) is 3.10. The molecular formula is C14H14Cl2N2O2S. The molecule has 112 valence electrons. The maximum Gasteiger partial charge on any atom is 0.267 e. The van der Waals surface area contributed by atoms with E-state index in [0.717, 1.165) is 9.87 Å². The number of hydrogen-bond acceptors (Lipinski definition) is 3. The molecule has 0 aliphatic rings. The molecule has 0 fully saturated rings. The van der Waals surface area contributed by atoms with Crippen LogP contribution < -0.4 is 10.0 Å². The SMILES string of the molecule is Cc1ccc(N(C)S(=O)(=O)c2c(N)cc(Cl)cc2Cl)cc1. The van der Waals surface area contributed by atoms with Crippen LogP contribution in [0.4, 0.5) is 11.4 Å². The van der Waals surface area contributed by atoms with E-state index in [1.54, 1.807) is 12.1 Å². The summed E-state index contributed by atoms with van der Waals surface area (Å²) in [6.45, 7) is 1.92. The lowest BCUT2D eigenvalue weighted by Gasteiger charge is -2.21. The summed E-state index contributed by atoms with van der Waals surface area (Å²) in [7, 11) is -2.42. The summed E-state index contributed by atoms with van der Waals surface area (Å²) in [6, 6.07) is 9.81. The first-order chi connectivity index (χ1) is 9.73. The summed E-state index contributed by atoms with van der Waals surface area (Å²) in [5.41, 5.74) is 7.35. The number of nitrogens with two attached hydrogens (primary N) is 1. The van der Waals surface area contributed by atoms with E-state index in [-0.39, 0.29) is 20.6 Å². The minimum atomic E-state index is -3.87. The zero-order chi connectivity index (χ0) is 15.8. The molecule has 2 N–H and O–H groups in total. The van der Waals surface area contributed by atoms with E-state index in [0.29, 0.717) is 5.69 Å². The predicted octanol–water partition coefficient (Wildman–Crippen LogP) is 3.71. The standard InChI is InChI=1S/C14H14Cl2N2O2S/c1-9-3-5-11(6-4-9)18(2)21(19,20)14-12(16)7-10(15)8-13(14)17/h3-8H,17H2,1-2H3. The van der Waals surface area contributed by atoms with Crippen molar-refractivity contribution in [1.29, 1.82) is 0 Å². The molecule has 0 saturated carbocycles. The molecule has 2 aromatic rings. The van der Waals surface area contributed by atoms with Gasteiger partial charge in [-0.05, 0) is 31.2 Å². The number of halogens is 2. The Labute approximate surface area is 134 Å². The number of nitrogens with zero attached hydrogens (tertiary/aromatic N) is 1. The molecule has 0 amide bonds. The molecule has 0 aliphatic heterocycles. The highest BCUT2D eigenvalue weighted by Crippen LogP contribution is 2.34. The van der Waals surface area contributed by atoms with Crippen LogP contribution in [0.5, 0.6) is 0 Å². The quantitative estimate of drug-likeness (QED) is 0.863. The van der Waals surface area contributed by atoms with Crippen molar-refractivity contribution in [2.75, 3.05) is 17.1 Å². The molecule has 2 aromatic carbocycles. The first-order valence-corrected chi connectivity index (χ1v) is 8.23. The van der Waals surface area contributed by atoms with E-state index in [4.69, 9.17) is 28.9 Å². The van der Waals surface area contributed by atoms with Gasteiger partial charge in [0.25, 0.3) is 10.0 Å². The van der Waals surface area contributed by atoms with Crippen LogP contribution in [0.25, 0.3) is 0 Å². The fourth-order valence-electron chi connectivity index (χ4n) is 1.88. The molecule has 0 aromatic heterocycles. The Morgan fingerprint density at radius 1 is 1.10 bits per heavy atom. The molecule has 0 unspecified atom stereocenters. The summed E-state index contributed by atoms with van der Waals surface area (Å²) >= 11 is 11.8. The Hall–Kier alpha value is -1.43. The van der Waals surface area contributed by atoms with E-state index in [1.165, 1.54) is 19.2 Å². The highest BCUT2D eigenvalue weighted by molar-refractivity contribution is 7.93. The normalized spacial score (nSPS) is 11.4. The average Bonchev–Trinajstić information content (AvgIpc) is 2.37.